The fourth-order valence-electron chi connectivity index (χ4n) is 4.12. The highest BCUT2D eigenvalue weighted by atomic mass is 35.5. The Morgan fingerprint density at radius 1 is 1.16 bits per heavy atom. The van der Waals surface area contributed by atoms with Crippen LogP contribution < -0.4 is 19.5 Å². The van der Waals surface area contributed by atoms with Gasteiger partial charge in [0.1, 0.15) is 11.4 Å². The summed E-state index contributed by atoms with van der Waals surface area (Å²) in [6.45, 7) is 4.52. The Morgan fingerprint density at radius 3 is 2.22 bits per heavy atom. The number of hydrogen-bond donors (Lipinski definition) is 2. The number of nitrogens with one attached hydrogen (secondary N) is 1. The van der Waals surface area contributed by atoms with Gasteiger partial charge in [0.15, 0.2) is 17.3 Å². The average Bonchev–Trinajstić information content (AvgIpc) is 2.99. The summed E-state index contributed by atoms with van der Waals surface area (Å²) in [4.78, 5) is 51.9. The third-order valence-electron chi connectivity index (χ3n) is 5.66. The lowest BCUT2D eigenvalue weighted by molar-refractivity contribution is -0.170. The predicted octanol–water partition coefficient (Wildman–Crippen LogP) is 1.57. The van der Waals surface area contributed by atoms with E-state index in [4.69, 9.17) is 25.8 Å². The van der Waals surface area contributed by atoms with Gasteiger partial charge in [-0.3, -0.25) is 14.4 Å². The number of carboxylic acid groups (broad SMARTS) is 1. The molecule has 2 N–H and O–H groups in total. The van der Waals surface area contributed by atoms with E-state index in [0.29, 0.717) is 0 Å². The SMILES string of the molecule is COc1cc(C(=O)N[C@@]2(C(C)=O)C(=O)N3[C@@H](C(=O)O)C(C)(C)S[C@@H]32)c(Cl)c(OC)c1OC. The van der Waals surface area contributed by atoms with Gasteiger partial charge in [0.2, 0.25) is 11.3 Å². The van der Waals surface area contributed by atoms with E-state index in [-0.39, 0.29) is 27.8 Å². The van der Waals surface area contributed by atoms with Gasteiger partial charge >= 0.3 is 5.97 Å². The molecule has 2 aliphatic heterocycles. The van der Waals surface area contributed by atoms with Crippen molar-refractivity contribution in [1.82, 2.24) is 10.2 Å². The largest absolute Gasteiger partial charge is 0.493 e. The number of carbonyl (C=O) groups is 4. The summed E-state index contributed by atoms with van der Waals surface area (Å²) in [7, 11) is 4.07. The number of fused-ring (bicyclic) bond motifs is 1. The Balaban J connectivity index is 2.04. The topological polar surface area (TPSA) is 131 Å². The monoisotopic (exact) mass is 486 g/mol. The van der Waals surface area contributed by atoms with Gasteiger partial charge in [-0.25, -0.2) is 4.79 Å². The first-order chi connectivity index (χ1) is 14.9. The molecule has 0 bridgehead atoms. The molecule has 0 aromatic heterocycles. The van der Waals surface area contributed by atoms with Gasteiger partial charge in [-0.05, 0) is 26.8 Å². The molecule has 2 aliphatic rings. The van der Waals surface area contributed by atoms with Crippen LogP contribution in [0.5, 0.6) is 17.2 Å². The first kappa shape index (κ1) is 24.0. The molecule has 2 fully saturated rings. The molecule has 3 rings (SSSR count). The second-order valence-electron chi connectivity index (χ2n) is 7.85. The second-order valence-corrected chi connectivity index (χ2v) is 9.96. The number of carboxylic acids is 1. The predicted molar refractivity (Wildman–Crippen MR) is 116 cm³/mol. The first-order valence-corrected chi connectivity index (χ1v) is 10.7. The van der Waals surface area contributed by atoms with Crippen LogP contribution >= 0.6 is 23.4 Å². The summed E-state index contributed by atoms with van der Waals surface area (Å²) in [6.07, 6.45) is 0. The quantitative estimate of drug-likeness (QED) is 0.435. The second kappa shape index (κ2) is 8.04. The zero-order valence-corrected chi connectivity index (χ0v) is 19.8. The fourth-order valence-corrected chi connectivity index (χ4v) is 6.18. The summed E-state index contributed by atoms with van der Waals surface area (Å²) in [5, 5.41) is 11.2. The van der Waals surface area contributed by atoms with Gasteiger partial charge < -0.3 is 29.5 Å². The third-order valence-corrected chi connectivity index (χ3v) is 7.67. The first-order valence-electron chi connectivity index (χ1n) is 9.44. The van der Waals surface area contributed by atoms with E-state index < -0.39 is 45.3 Å². The lowest BCUT2D eigenvalue weighted by Gasteiger charge is -2.51. The van der Waals surface area contributed by atoms with Gasteiger partial charge in [0.05, 0.1) is 31.9 Å². The zero-order valence-electron chi connectivity index (χ0n) is 18.3. The van der Waals surface area contributed by atoms with Crippen molar-refractivity contribution in [3.63, 3.8) is 0 Å². The minimum Gasteiger partial charge on any atom is -0.493 e. The Morgan fingerprint density at radius 2 is 1.75 bits per heavy atom. The van der Waals surface area contributed by atoms with E-state index in [1.54, 1.807) is 13.8 Å². The van der Waals surface area contributed by atoms with Gasteiger partial charge in [-0.1, -0.05) is 11.6 Å². The number of ether oxygens (including phenoxy) is 3. The highest BCUT2D eigenvalue weighted by Gasteiger charge is 2.74. The van der Waals surface area contributed by atoms with Crippen LogP contribution in [0.1, 0.15) is 31.1 Å². The molecule has 0 aliphatic carbocycles. The number of thioether (sulfide) groups is 1. The number of ketones is 1. The van der Waals surface area contributed by atoms with Crippen molar-refractivity contribution >= 4 is 46.9 Å². The molecule has 2 amide bonds. The molecule has 32 heavy (non-hydrogen) atoms. The number of benzene rings is 1. The summed E-state index contributed by atoms with van der Waals surface area (Å²) >= 11 is 7.50. The minimum atomic E-state index is -1.92. The number of rotatable bonds is 7. The number of methoxy groups -OCH3 is 3. The van der Waals surface area contributed by atoms with Crippen molar-refractivity contribution in [2.24, 2.45) is 0 Å². The number of halogens is 1. The van der Waals surface area contributed by atoms with Crippen molar-refractivity contribution < 1.29 is 38.5 Å². The van der Waals surface area contributed by atoms with Crippen LogP contribution in [-0.2, 0) is 14.4 Å². The molecular weight excluding hydrogens is 464 g/mol. The van der Waals surface area contributed by atoms with Crippen LogP contribution in [0.25, 0.3) is 0 Å². The molecule has 0 saturated carbocycles. The van der Waals surface area contributed by atoms with Crippen LogP contribution in [-0.4, -0.2) is 76.6 Å². The molecule has 2 saturated heterocycles. The molecule has 0 unspecified atom stereocenters. The maximum atomic E-state index is 13.2. The number of carbonyl (C=O) groups excluding carboxylic acids is 3. The van der Waals surface area contributed by atoms with Crippen molar-refractivity contribution in [2.75, 3.05) is 21.3 Å². The molecule has 0 spiro atoms. The lowest BCUT2D eigenvalue weighted by Crippen LogP contribution is -2.82. The number of aliphatic carboxylic acids is 1. The highest BCUT2D eigenvalue weighted by molar-refractivity contribution is 8.01. The van der Waals surface area contributed by atoms with Gasteiger partial charge in [-0.15, -0.1) is 11.8 Å². The third kappa shape index (κ3) is 3.17. The van der Waals surface area contributed by atoms with E-state index in [9.17, 15) is 24.3 Å². The smallest absolute Gasteiger partial charge is 0.327 e. The summed E-state index contributed by atoms with van der Waals surface area (Å²) in [5.74, 6) is -3.04. The van der Waals surface area contributed by atoms with Crippen molar-refractivity contribution in [3.8, 4) is 17.2 Å². The van der Waals surface area contributed by atoms with Crippen molar-refractivity contribution in [3.05, 3.63) is 16.7 Å². The van der Waals surface area contributed by atoms with E-state index in [0.717, 1.165) is 16.7 Å². The van der Waals surface area contributed by atoms with Gasteiger partial charge in [0, 0.05) is 4.75 Å². The van der Waals surface area contributed by atoms with E-state index in [2.05, 4.69) is 5.32 Å². The molecule has 0 radical (unpaired) electrons. The van der Waals surface area contributed by atoms with Crippen LogP contribution in [0, 0.1) is 0 Å². The standard InChI is InChI=1S/C20H23ClN2O8S/c1-8(24)20(17(28)23-14(16(26)27)19(2,3)32-18(20)23)22-15(25)9-7-10(29-4)12(30-5)13(31-6)11(9)21/h7,14,18H,1-6H3,(H,22,25)(H,26,27)/t14-,18+,20-/m0/s1. The highest BCUT2D eigenvalue weighted by Crippen LogP contribution is 2.55. The van der Waals surface area contributed by atoms with Crippen LogP contribution in [0.4, 0.5) is 0 Å². The molecule has 2 heterocycles. The number of Topliss-reactive ketones (excluding diaryl/α,β-unsaturated/α-hetero) is 1. The molecule has 1 aromatic carbocycles. The van der Waals surface area contributed by atoms with Crippen molar-refractivity contribution in [1.29, 1.82) is 0 Å². The number of nitrogens with zero attached hydrogens (tertiary/aromatic N) is 1. The molecule has 174 valence electrons. The Hall–Kier alpha value is -2.66. The zero-order chi connectivity index (χ0) is 24.2. The molecule has 3 atom stereocenters. The van der Waals surface area contributed by atoms with Crippen LogP contribution in [0.15, 0.2) is 6.07 Å². The summed E-state index contributed by atoms with van der Waals surface area (Å²) in [6, 6.07) is 0.165. The number of amides is 2. The van der Waals surface area contributed by atoms with Crippen LogP contribution in [0.2, 0.25) is 5.02 Å². The van der Waals surface area contributed by atoms with Gasteiger partial charge in [0.25, 0.3) is 11.8 Å². The van der Waals surface area contributed by atoms with E-state index >= 15 is 0 Å². The number of hydrogen-bond acceptors (Lipinski definition) is 8. The molecule has 12 heteroatoms. The molecule has 10 nitrogen and oxygen atoms in total. The van der Waals surface area contributed by atoms with E-state index in [1.165, 1.54) is 34.3 Å². The Kier molecular flexibility index (Phi) is 6.03. The fraction of sp³-hybridized carbons (Fsp3) is 0.500. The Labute approximate surface area is 193 Å². The average molecular weight is 487 g/mol. The Bertz CT molecular complexity index is 1030. The minimum absolute atomic E-state index is 0.0411. The van der Waals surface area contributed by atoms with Crippen LogP contribution in [0.3, 0.4) is 0 Å². The maximum Gasteiger partial charge on any atom is 0.327 e. The summed E-state index contributed by atoms with van der Waals surface area (Å²) in [5.41, 5.74) is -2.03. The van der Waals surface area contributed by atoms with Gasteiger partial charge in [-0.2, -0.15) is 0 Å². The number of β-lactam (4-membered cyclic amide) rings is 1. The van der Waals surface area contributed by atoms with Crippen molar-refractivity contribution in [2.45, 2.75) is 42.5 Å². The lowest BCUT2D eigenvalue weighted by atomic mass is 9.81. The molecule has 1 aromatic rings. The summed E-state index contributed by atoms with van der Waals surface area (Å²) < 4.78 is 14.9. The molecular formula is C20H23ClN2O8S. The normalized spacial score (nSPS) is 25.5. The van der Waals surface area contributed by atoms with E-state index in [1.807, 2.05) is 0 Å². The maximum absolute atomic E-state index is 13.2.